The summed E-state index contributed by atoms with van der Waals surface area (Å²) in [7, 11) is 1.28. The summed E-state index contributed by atoms with van der Waals surface area (Å²) in [5.41, 5.74) is -1.71. The zero-order valence-electron chi connectivity index (χ0n) is 24.1. The number of hydrogen-bond acceptors (Lipinski definition) is 9. The molecule has 3 rings (SSSR count). The Hall–Kier alpha value is -4.40. The van der Waals surface area contributed by atoms with Crippen molar-refractivity contribution in [1.29, 1.82) is 0 Å². The number of nitrogens with one attached hydrogen (secondary N) is 4. The van der Waals surface area contributed by atoms with Gasteiger partial charge in [0.05, 0.1) is 4.92 Å². The molecule has 0 saturated carbocycles. The van der Waals surface area contributed by atoms with E-state index in [0.29, 0.717) is 18.5 Å². The Labute approximate surface area is 242 Å². The minimum atomic E-state index is -1.88. The van der Waals surface area contributed by atoms with Gasteiger partial charge in [-0.2, -0.15) is 0 Å². The van der Waals surface area contributed by atoms with Gasteiger partial charge in [0.2, 0.25) is 17.7 Å². The van der Waals surface area contributed by atoms with Crippen LogP contribution >= 0.6 is 0 Å². The van der Waals surface area contributed by atoms with E-state index < -0.39 is 70.0 Å². The molecule has 2 heterocycles. The van der Waals surface area contributed by atoms with E-state index in [9.17, 15) is 38.9 Å². The van der Waals surface area contributed by atoms with Crippen molar-refractivity contribution in [2.75, 3.05) is 19.0 Å². The average Bonchev–Trinajstić information content (AvgIpc) is 3.43. The van der Waals surface area contributed by atoms with Crippen LogP contribution in [0.5, 0.6) is 0 Å². The van der Waals surface area contributed by atoms with Crippen LogP contribution in [-0.4, -0.2) is 88.6 Å². The first-order valence-corrected chi connectivity index (χ1v) is 13.5. The molecule has 5 amide bonds. The number of carbonyl (C=O) groups excluding carboxylic acids is 6. The van der Waals surface area contributed by atoms with Crippen LogP contribution in [0.15, 0.2) is 24.3 Å². The monoisotopic (exact) mass is 588 g/mol. The summed E-state index contributed by atoms with van der Waals surface area (Å²) in [5.74, 6) is -4.04. The molecular weight excluding hydrogens is 552 g/mol. The molecule has 1 aromatic rings. The molecule has 5 atom stereocenters. The fourth-order valence-corrected chi connectivity index (χ4v) is 4.86. The van der Waals surface area contributed by atoms with Gasteiger partial charge < -0.3 is 30.9 Å². The Kier molecular flexibility index (Phi) is 9.99. The number of carbonyl (C=O) groups is 6. The molecule has 0 aromatic heterocycles. The van der Waals surface area contributed by atoms with E-state index in [0.717, 1.165) is 0 Å². The Bertz CT molecular complexity index is 1270. The Morgan fingerprint density at radius 2 is 1.76 bits per heavy atom. The summed E-state index contributed by atoms with van der Waals surface area (Å²) in [4.78, 5) is 89.0. The lowest BCUT2D eigenvalue weighted by molar-refractivity contribution is -0.384. The van der Waals surface area contributed by atoms with E-state index in [1.165, 1.54) is 50.1 Å². The first-order chi connectivity index (χ1) is 19.7. The minimum absolute atomic E-state index is 0.137. The maximum atomic E-state index is 13.3. The molecule has 15 nitrogen and oxygen atoms in total. The SMILES string of the molecule is COC1CC(=O)[C@](C)(C(=O)N[C@@H](C)C(=O)N2CCC[C@H]2C(=O)N[C@H](C(=O)Nc2ccc([N+](=O)[O-])cc2)C(C)C)NC1=O. The number of anilines is 1. The molecule has 228 valence electrons. The second-order valence-corrected chi connectivity index (χ2v) is 10.9. The zero-order chi connectivity index (χ0) is 31.4. The van der Waals surface area contributed by atoms with Crippen LogP contribution in [0.1, 0.15) is 47.0 Å². The van der Waals surface area contributed by atoms with Gasteiger partial charge in [-0.05, 0) is 44.7 Å². The smallest absolute Gasteiger partial charge is 0.269 e. The summed E-state index contributed by atoms with van der Waals surface area (Å²) in [6.07, 6.45) is -0.460. The second kappa shape index (κ2) is 13.1. The number of methoxy groups -OCH3 is 1. The zero-order valence-corrected chi connectivity index (χ0v) is 24.1. The van der Waals surface area contributed by atoms with E-state index in [-0.39, 0.29) is 24.6 Å². The largest absolute Gasteiger partial charge is 0.371 e. The van der Waals surface area contributed by atoms with Gasteiger partial charge in [-0.15, -0.1) is 0 Å². The highest BCUT2D eigenvalue weighted by Crippen LogP contribution is 2.22. The molecule has 0 radical (unpaired) electrons. The first kappa shape index (κ1) is 32.1. The van der Waals surface area contributed by atoms with E-state index in [1.54, 1.807) is 13.8 Å². The number of hydrogen-bond donors (Lipinski definition) is 4. The number of nitro groups is 1. The van der Waals surface area contributed by atoms with Crippen molar-refractivity contribution in [1.82, 2.24) is 20.9 Å². The number of ketones is 1. The van der Waals surface area contributed by atoms with Crippen LogP contribution in [0.2, 0.25) is 0 Å². The van der Waals surface area contributed by atoms with E-state index in [1.807, 2.05) is 0 Å². The van der Waals surface area contributed by atoms with Crippen LogP contribution in [0.3, 0.4) is 0 Å². The summed E-state index contributed by atoms with van der Waals surface area (Å²) < 4.78 is 4.96. The number of Topliss-reactive ketones (excluding diaryl/α,β-unsaturated/α-hetero) is 1. The maximum absolute atomic E-state index is 13.3. The number of rotatable bonds is 10. The number of ether oxygens (including phenoxy) is 1. The number of amides is 5. The molecule has 2 aliphatic heterocycles. The van der Waals surface area contributed by atoms with Crippen LogP contribution < -0.4 is 21.3 Å². The van der Waals surface area contributed by atoms with E-state index in [2.05, 4.69) is 21.3 Å². The summed E-state index contributed by atoms with van der Waals surface area (Å²) in [5, 5.41) is 21.1. The van der Waals surface area contributed by atoms with Gasteiger partial charge >= 0.3 is 0 Å². The molecule has 4 N–H and O–H groups in total. The standard InChI is InChI=1S/C27H36N6O9/c1-14(2)21(24(37)29-16-8-10-17(11-9-16)33(40)41)30-22(35)18-7-6-12-32(18)25(38)15(3)28-26(39)27(4)20(34)13-19(42-5)23(36)31-27/h8-11,14-15,18-19,21H,6-7,12-13H2,1-5H3,(H,28,39)(H,29,37)(H,30,35)(H,31,36)/t15-,18-,19?,21-,27+/m0/s1. The molecular formula is C27H36N6O9. The molecule has 0 aliphatic carbocycles. The van der Waals surface area contributed by atoms with Crippen molar-refractivity contribution in [2.45, 2.75) is 76.7 Å². The number of nitro benzene ring substituents is 1. The highest BCUT2D eigenvalue weighted by Gasteiger charge is 2.49. The minimum Gasteiger partial charge on any atom is -0.371 e. The highest BCUT2D eigenvalue weighted by molar-refractivity contribution is 6.16. The fourth-order valence-electron chi connectivity index (χ4n) is 4.86. The lowest BCUT2D eigenvalue weighted by atomic mass is 9.86. The van der Waals surface area contributed by atoms with Crippen molar-refractivity contribution in [3.8, 4) is 0 Å². The van der Waals surface area contributed by atoms with Gasteiger partial charge in [-0.25, -0.2) is 0 Å². The Balaban J connectivity index is 1.64. The molecule has 2 aliphatic rings. The molecule has 1 aromatic carbocycles. The van der Waals surface area contributed by atoms with Crippen molar-refractivity contribution < 1.29 is 38.4 Å². The van der Waals surface area contributed by atoms with Crippen molar-refractivity contribution >= 4 is 46.7 Å². The summed E-state index contributed by atoms with van der Waals surface area (Å²) >= 11 is 0. The molecule has 2 fully saturated rings. The van der Waals surface area contributed by atoms with E-state index in [4.69, 9.17) is 4.74 Å². The Morgan fingerprint density at radius 3 is 2.33 bits per heavy atom. The number of non-ortho nitro benzene ring substituents is 1. The quantitative estimate of drug-likeness (QED) is 0.165. The molecule has 15 heteroatoms. The topological polar surface area (TPSA) is 206 Å². The summed E-state index contributed by atoms with van der Waals surface area (Å²) in [6, 6.07) is 2.25. The number of benzene rings is 1. The van der Waals surface area contributed by atoms with Crippen molar-refractivity contribution in [2.24, 2.45) is 5.92 Å². The van der Waals surface area contributed by atoms with Crippen LogP contribution in [0.25, 0.3) is 0 Å². The van der Waals surface area contributed by atoms with Gasteiger partial charge in [0, 0.05) is 37.9 Å². The number of likely N-dealkylation sites (tertiary alicyclic amines) is 1. The van der Waals surface area contributed by atoms with Crippen molar-refractivity contribution in [3.63, 3.8) is 0 Å². The van der Waals surface area contributed by atoms with Gasteiger partial charge in [0.25, 0.3) is 17.5 Å². The predicted molar refractivity (Wildman–Crippen MR) is 148 cm³/mol. The van der Waals surface area contributed by atoms with Gasteiger partial charge in [-0.1, -0.05) is 13.8 Å². The lowest BCUT2D eigenvalue weighted by Gasteiger charge is -2.36. The first-order valence-electron chi connectivity index (χ1n) is 13.5. The second-order valence-electron chi connectivity index (χ2n) is 10.9. The van der Waals surface area contributed by atoms with Crippen molar-refractivity contribution in [3.05, 3.63) is 34.4 Å². The fraction of sp³-hybridized carbons (Fsp3) is 0.556. The van der Waals surface area contributed by atoms with Gasteiger partial charge in [0.15, 0.2) is 11.3 Å². The molecule has 0 bridgehead atoms. The molecule has 42 heavy (non-hydrogen) atoms. The van der Waals surface area contributed by atoms with Gasteiger partial charge in [0.1, 0.15) is 24.2 Å². The van der Waals surface area contributed by atoms with Gasteiger partial charge in [-0.3, -0.25) is 38.9 Å². The molecule has 1 unspecified atom stereocenters. The average molecular weight is 589 g/mol. The summed E-state index contributed by atoms with van der Waals surface area (Å²) in [6.45, 7) is 6.37. The predicted octanol–water partition coefficient (Wildman–Crippen LogP) is 0.0325. The third kappa shape index (κ3) is 6.90. The number of nitrogens with zero attached hydrogens (tertiary/aromatic N) is 2. The third-order valence-electron chi connectivity index (χ3n) is 7.48. The molecule has 0 spiro atoms. The van der Waals surface area contributed by atoms with Crippen LogP contribution in [0.4, 0.5) is 11.4 Å². The third-order valence-corrected chi connectivity index (χ3v) is 7.48. The number of piperidine rings is 1. The van der Waals surface area contributed by atoms with Crippen LogP contribution in [0, 0.1) is 16.0 Å². The lowest BCUT2D eigenvalue weighted by Crippen LogP contribution is -2.68. The highest BCUT2D eigenvalue weighted by atomic mass is 16.6. The Morgan fingerprint density at radius 1 is 1.12 bits per heavy atom. The maximum Gasteiger partial charge on any atom is 0.269 e. The normalized spacial score (nSPS) is 23.5. The molecule has 2 saturated heterocycles. The van der Waals surface area contributed by atoms with Crippen LogP contribution in [-0.2, 0) is 33.5 Å². The van der Waals surface area contributed by atoms with E-state index >= 15 is 0 Å².